The number of carboxylic acid groups (broad SMARTS) is 2. The Morgan fingerprint density at radius 2 is 1.93 bits per heavy atom. The van der Waals surface area contributed by atoms with Gasteiger partial charge in [-0.05, 0) is 47.7 Å². The number of benzene rings is 2. The fourth-order valence-corrected chi connectivity index (χ4v) is 3.58. The van der Waals surface area contributed by atoms with Crippen molar-refractivity contribution in [2.45, 2.75) is 6.42 Å². The van der Waals surface area contributed by atoms with Crippen LogP contribution in [0.2, 0.25) is 0 Å². The Kier molecular flexibility index (Phi) is 6.53. The van der Waals surface area contributed by atoms with Crippen molar-refractivity contribution in [1.82, 2.24) is 0 Å². The molecule has 2 aromatic rings. The van der Waals surface area contributed by atoms with Gasteiger partial charge in [0.2, 0.25) is 0 Å². The standard InChI is InChI=1S/C21H18N2O6S/c1-23(16-8-3-2-7-15(16)20(27)28)21-22-19(26)17(30-21)12-13-5-4-6-14(11-13)29-10-9-18(24)25/h2-8,11-12H,9-10H2,1H3,(H,24,25)(H,27,28)/b17-12-. The summed E-state index contributed by atoms with van der Waals surface area (Å²) in [7, 11) is 1.65. The Hall–Kier alpha value is -3.59. The quantitative estimate of drug-likeness (QED) is 0.648. The number of thioether (sulfide) groups is 1. The highest BCUT2D eigenvalue weighted by Crippen LogP contribution is 2.33. The average molecular weight is 426 g/mol. The smallest absolute Gasteiger partial charge is 0.337 e. The van der Waals surface area contributed by atoms with E-state index in [0.29, 0.717) is 27.1 Å². The molecular formula is C21H18N2O6S. The molecule has 8 nitrogen and oxygen atoms in total. The molecule has 1 amide bonds. The first-order chi connectivity index (χ1) is 14.3. The number of aliphatic carboxylic acids is 1. The van der Waals surface area contributed by atoms with Crippen molar-refractivity contribution in [3.8, 4) is 5.75 Å². The number of hydrogen-bond donors (Lipinski definition) is 2. The third-order valence-electron chi connectivity index (χ3n) is 4.13. The van der Waals surface area contributed by atoms with E-state index in [0.717, 1.165) is 11.8 Å². The molecule has 0 aliphatic carbocycles. The fourth-order valence-electron chi connectivity index (χ4n) is 2.69. The van der Waals surface area contributed by atoms with Crippen LogP contribution in [0.1, 0.15) is 22.3 Å². The molecule has 0 bridgehead atoms. The van der Waals surface area contributed by atoms with Crippen molar-refractivity contribution < 1.29 is 29.3 Å². The topological polar surface area (TPSA) is 117 Å². The van der Waals surface area contributed by atoms with Crippen LogP contribution in [0.3, 0.4) is 0 Å². The third-order valence-corrected chi connectivity index (χ3v) is 5.19. The first kappa shape index (κ1) is 21.1. The number of amidine groups is 1. The van der Waals surface area contributed by atoms with Gasteiger partial charge >= 0.3 is 11.9 Å². The van der Waals surface area contributed by atoms with E-state index in [1.54, 1.807) is 60.5 Å². The Labute approximate surface area is 176 Å². The summed E-state index contributed by atoms with van der Waals surface area (Å²) in [4.78, 5) is 40.4. The minimum absolute atomic E-state index is 0.0457. The van der Waals surface area contributed by atoms with Gasteiger partial charge in [0, 0.05) is 7.05 Å². The predicted molar refractivity (Wildman–Crippen MR) is 114 cm³/mol. The van der Waals surface area contributed by atoms with Gasteiger partial charge in [-0.3, -0.25) is 9.59 Å². The fraction of sp³-hybridized carbons (Fsp3) is 0.143. The largest absolute Gasteiger partial charge is 0.493 e. The molecule has 0 aromatic heterocycles. The highest BCUT2D eigenvalue weighted by molar-refractivity contribution is 8.18. The van der Waals surface area contributed by atoms with Gasteiger partial charge in [-0.1, -0.05) is 24.3 Å². The molecule has 0 spiro atoms. The number of carbonyl (C=O) groups excluding carboxylic acids is 1. The van der Waals surface area contributed by atoms with E-state index < -0.39 is 17.8 Å². The third kappa shape index (κ3) is 5.06. The molecule has 9 heteroatoms. The highest BCUT2D eigenvalue weighted by Gasteiger charge is 2.27. The Balaban J connectivity index is 1.75. The molecule has 0 saturated carbocycles. The molecule has 154 valence electrons. The number of amides is 1. The number of aliphatic imine (C=N–C) groups is 1. The lowest BCUT2D eigenvalue weighted by Gasteiger charge is -2.19. The van der Waals surface area contributed by atoms with Gasteiger partial charge in [0.1, 0.15) is 5.75 Å². The summed E-state index contributed by atoms with van der Waals surface area (Å²) < 4.78 is 5.41. The van der Waals surface area contributed by atoms with Gasteiger partial charge in [0.15, 0.2) is 5.17 Å². The predicted octanol–water partition coefficient (Wildman–Crippen LogP) is 3.35. The SMILES string of the molecule is CN(C1=NC(=O)/C(=C/c2cccc(OCCC(=O)O)c2)S1)c1ccccc1C(=O)O. The van der Waals surface area contributed by atoms with E-state index in [2.05, 4.69) is 4.99 Å². The van der Waals surface area contributed by atoms with Crippen LogP contribution in [0.5, 0.6) is 5.75 Å². The lowest BCUT2D eigenvalue weighted by atomic mass is 10.1. The first-order valence-corrected chi connectivity index (χ1v) is 9.70. The van der Waals surface area contributed by atoms with Crippen molar-refractivity contribution in [2.75, 3.05) is 18.6 Å². The maximum atomic E-state index is 12.4. The number of carbonyl (C=O) groups is 3. The number of para-hydroxylation sites is 1. The second-order valence-electron chi connectivity index (χ2n) is 6.26. The number of rotatable bonds is 7. The van der Waals surface area contributed by atoms with E-state index in [9.17, 15) is 19.5 Å². The highest BCUT2D eigenvalue weighted by atomic mass is 32.2. The normalized spacial score (nSPS) is 14.5. The number of aromatic carboxylic acids is 1. The Morgan fingerprint density at radius 1 is 1.17 bits per heavy atom. The zero-order chi connectivity index (χ0) is 21.7. The van der Waals surface area contributed by atoms with Crippen molar-refractivity contribution in [3.05, 3.63) is 64.6 Å². The molecule has 1 heterocycles. The molecule has 0 fully saturated rings. The van der Waals surface area contributed by atoms with Crippen LogP contribution in [-0.2, 0) is 9.59 Å². The van der Waals surface area contributed by atoms with E-state index >= 15 is 0 Å². The molecular weight excluding hydrogens is 408 g/mol. The second-order valence-corrected chi connectivity index (χ2v) is 7.27. The maximum absolute atomic E-state index is 12.4. The zero-order valence-electron chi connectivity index (χ0n) is 15.9. The molecule has 30 heavy (non-hydrogen) atoms. The van der Waals surface area contributed by atoms with E-state index in [1.165, 1.54) is 6.07 Å². The van der Waals surface area contributed by atoms with Gasteiger partial charge in [-0.25, -0.2) is 4.79 Å². The summed E-state index contributed by atoms with van der Waals surface area (Å²) in [5.41, 5.74) is 1.24. The number of carboxylic acids is 2. The molecule has 0 unspecified atom stereocenters. The number of ether oxygens (including phenoxy) is 1. The average Bonchev–Trinajstić information content (AvgIpc) is 3.07. The minimum Gasteiger partial charge on any atom is -0.493 e. The van der Waals surface area contributed by atoms with Gasteiger partial charge in [0.05, 0.1) is 29.2 Å². The molecule has 1 aliphatic heterocycles. The van der Waals surface area contributed by atoms with E-state index in [4.69, 9.17) is 9.84 Å². The van der Waals surface area contributed by atoms with Crippen LogP contribution < -0.4 is 9.64 Å². The molecule has 2 N–H and O–H groups in total. The molecule has 0 radical (unpaired) electrons. The van der Waals surface area contributed by atoms with Crippen LogP contribution in [0.15, 0.2) is 58.4 Å². The molecule has 0 saturated heterocycles. The van der Waals surface area contributed by atoms with Gasteiger partial charge in [-0.15, -0.1) is 0 Å². The van der Waals surface area contributed by atoms with Crippen LogP contribution in [0.25, 0.3) is 6.08 Å². The number of hydrogen-bond acceptors (Lipinski definition) is 6. The lowest BCUT2D eigenvalue weighted by molar-refractivity contribution is -0.137. The number of nitrogens with zero attached hydrogens (tertiary/aromatic N) is 2. The Morgan fingerprint density at radius 3 is 2.67 bits per heavy atom. The van der Waals surface area contributed by atoms with Crippen LogP contribution in [0.4, 0.5) is 5.69 Å². The van der Waals surface area contributed by atoms with Crippen LogP contribution in [-0.4, -0.2) is 46.9 Å². The van der Waals surface area contributed by atoms with Crippen molar-refractivity contribution in [1.29, 1.82) is 0 Å². The maximum Gasteiger partial charge on any atom is 0.337 e. The summed E-state index contributed by atoms with van der Waals surface area (Å²) in [5.74, 6) is -1.94. The van der Waals surface area contributed by atoms with E-state index in [1.807, 2.05) is 0 Å². The van der Waals surface area contributed by atoms with Gasteiger partial charge < -0.3 is 19.8 Å². The summed E-state index contributed by atoms with van der Waals surface area (Å²) >= 11 is 1.14. The monoisotopic (exact) mass is 426 g/mol. The van der Waals surface area contributed by atoms with Crippen molar-refractivity contribution >= 4 is 46.5 Å². The van der Waals surface area contributed by atoms with Crippen molar-refractivity contribution in [3.63, 3.8) is 0 Å². The van der Waals surface area contributed by atoms with Gasteiger partial charge in [0.25, 0.3) is 5.91 Å². The van der Waals surface area contributed by atoms with Crippen LogP contribution >= 0.6 is 11.8 Å². The van der Waals surface area contributed by atoms with E-state index in [-0.39, 0.29) is 18.6 Å². The summed E-state index contributed by atoms with van der Waals surface area (Å²) in [6.07, 6.45) is 1.55. The summed E-state index contributed by atoms with van der Waals surface area (Å²) in [5, 5.41) is 18.4. The lowest BCUT2D eigenvalue weighted by Crippen LogP contribution is -2.24. The first-order valence-electron chi connectivity index (χ1n) is 8.88. The Bertz CT molecular complexity index is 1060. The minimum atomic E-state index is -1.07. The summed E-state index contributed by atoms with van der Waals surface area (Å²) in [6.45, 7) is 0.0457. The number of anilines is 1. The zero-order valence-corrected chi connectivity index (χ0v) is 16.8. The van der Waals surface area contributed by atoms with Gasteiger partial charge in [-0.2, -0.15) is 4.99 Å². The molecule has 0 atom stereocenters. The van der Waals surface area contributed by atoms with Crippen molar-refractivity contribution in [2.24, 2.45) is 4.99 Å². The van der Waals surface area contributed by atoms with Crippen LogP contribution in [0, 0.1) is 0 Å². The molecule has 2 aromatic carbocycles. The second kappa shape index (κ2) is 9.27. The molecule has 3 rings (SSSR count). The molecule has 1 aliphatic rings. The summed E-state index contributed by atoms with van der Waals surface area (Å²) in [6, 6.07) is 13.4.